The van der Waals surface area contributed by atoms with E-state index in [1.165, 1.54) is 4.68 Å². The fourth-order valence-corrected chi connectivity index (χ4v) is 4.05. The maximum Gasteiger partial charge on any atom is 0.274 e. The summed E-state index contributed by atoms with van der Waals surface area (Å²) in [6, 6.07) is 17.0. The molecule has 30 heavy (non-hydrogen) atoms. The maximum atomic E-state index is 12.9. The fourth-order valence-electron chi connectivity index (χ4n) is 3.23. The third kappa shape index (κ3) is 4.16. The highest BCUT2D eigenvalue weighted by molar-refractivity contribution is 7.13. The molecule has 2 aromatic heterocycles. The van der Waals surface area contributed by atoms with E-state index in [4.69, 9.17) is 0 Å². The minimum absolute atomic E-state index is 0.178. The standard InChI is InChI=1S/C23H22N4O2S/c1-15(2)13-27-23(29)19-11-7-6-10-18(19)20(26-27)21(28)24-12-17-14-30-22(25-17)16-8-4-3-5-9-16/h3-11,14-15H,12-13H2,1-2H3,(H,24,28). The van der Waals surface area contributed by atoms with Crippen molar-refractivity contribution in [1.82, 2.24) is 20.1 Å². The molecule has 0 aliphatic rings. The van der Waals surface area contributed by atoms with Gasteiger partial charge in [-0.3, -0.25) is 9.59 Å². The van der Waals surface area contributed by atoms with Crippen LogP contribution >= 0.6 is 11.3 Å². The normalized spacial score (nSPS) is 11.2. The number of hydrogen-bond acceptors (Lipinski definition) is 5. The second-order valence-electron chi connectivity index (χ2n) is 7.47. The molecule has 0 saturated carbocycles. The molecule has 6 nitrogen and oxygen atoms in total. The third-order valence-electron chi connectivity index (χ3n) is 4.62. The average Bonchev–Trinajstić information content (AvgIpc) is 3.23. The van der Waals surface area contributed by atoms with E-state index in [0.717, 1.165) is 16.3 Å². The summed E-state index contributed by atoms with van der Waals surface area (Å²) in [5.74, 6) is -0.0864. The highest BCUT2D eigenvalue weighted by Crippen LogP contribution is 2.23. The highest BCUT2D eigenvalue weighted by atomic mass is 32.1. The lowest BCUT2D eigenvalue weighted by Gasteiger charge is -2.12. The van der Waals surface area contributed by atoms with Crippen LogP contribution in [0, 0.1) is 5.92 Å². The molecule has 0 fully saturated rings. The van der Waals surface area contributed by atoms with E-state index < -0.39 is 0 Å². The molecule has 0 bridgehead atoms. The van der Waals surface area contributed by atoms with E-state index in [2.05, 4.69) is 15.4 Å². The molecule has 4 aromatic rings. The van der Waals surface area contributed by atoms with E-state index in [1.54, 1.807) is 35.6 Å². The van der Waals surface area contributed by atoms with Crippen LogP contribution in [0.4, 0.5) is 0 Å². The molecule has 7 heteroatoms. The van der Waals surface area contributed by atoms with Crippen molar-refractivity contribution in [3.8, 4) is 10.6 Å². The summed E-state index contributed by atoms with van der Waals surface area (Å²) < 4.78 is 1.39. The Morgan fingerprint density at radius 1 is 1.07 bits per heavy atom. The number of nitrogens with zero attached hydrogens (tertiary/aromatic N) is 3. The van der Waals surface area contributed by atoms with Crippen molar-refractivity contribution in [2.45, 2.75) is 26.9 Å². The minimum atomic E-state index is -0.321. The summed E-state index contributed by atoms with van der Waals surface area (Å²) in [6.07, 6.45) is 0. The summed E-state index contributed by atoms with van der Waals surface area (Å²) in [5, 5.41) is 11.2. The lowest BCUT2D eigenvalue weighted by molar-refractivity contribution is 0.0944. The molecule has 152 valence electrons. The second kappa shape index (κ2) is 8.59. The van der Waals surface area contributed by atoms with Gasteiger partial charge < -0.3 is 5.32 Å². The van der Waals surface area contributed by atoms with E-state index in [9.17, 15) is 9.59 Å². The van der Waals surface area contributed by atoms with Crippen molar-refractivity contribution in [1.29, 1.82) is 0 Å². The molecule has 1 N–H and O–H groups in total. The summed E-state index contributed by atoms with van der Waals surface area (Å²) in [7, 11) is 0. The lowest BCUT2D eigenvalue weighted by atomic mass is 10.1. The van der Waals surface area contributed by atoms with Gasteiger partial charge in [0, 0.05) is 22.9 Å². The summed E-state index contributed by atoms with van der Waals surface area (Å²) >= 11 is 1.54. The van der Waals surface area contributed by atoms with Gasteiger partial charge in [0.25, 0.3) is 11.5 Å². The Hall–Kier alpha value is -3.32. The van der Waals surface area contributed by atoms with Crippen LogP contribution in [0.2, 0.25) is 0 Å². The Morgan fingerprint density at radius 2 is 1.77 bits per heavy atom. The summed E-state index contributed by atoms with van der Waals surface area (Å²) in [4.78, 5) is 30.3. The predicted molar refractivity (Wildman–Crippen MR) is 120 cm³/mol. The SMILES string of the molecule is CC(C)Cn1nc(C(=O)NCc2csc(-c3ccccc3)n2)c2ccccc2c1=O. The van der Waals surface area contributed by atoms with Crippen molar-refractivity contribution in [2.75, 3.05) is 0 Å². The zero-order valence-electron chi connectivity index (χ0n) is 16.8. The van der Waals surface area contributed by atoms with Gasteiger partial charge in [0.2, 0.25) is 0 Å². The number of hydrogen-bond donors (Lipinski definition) is 1. The molecular formula is C23H22N4O2S. The van der Waals surface area contributed by atoms with Crippen LogP contribution < -0.4 is 10.9 Å². The van der Waals surface area contributed by atoms with Gasteiger partial charge >= 0.3 is 0 Å². The van der Waals surface area contributed by atoms with Gasteiger partial charge in [0.15, 0.2) is 5.69 Å². The molecule has 0 atom stereocenters. The van der Waals surface area contributed by atoms with Crippen molar-refractivity contribution in [2.24, 2.45) is 5.92 Å². The van der Waals surface area contributed by atoms with E-state index in [-0.39, 0.29) is 23.1 Å². The zero-order valence-corrected chi connectivity index (χ0v) is 17.6. The number of nitrogens with one attached hydrogen (secondary N) is 1. The Balaban J connectivity index is 1.58. The molecule has 0 aliphatic carbocycles. The van der Waals surface area contributed by atoms with Gasteiger partial charge in [-0.1, -0.05) is 62.4 Å². The molecule has 0 unspecified atom stereocenters. The smallest absolute Gasteiger partial charge is 0.274 e. The first kappa shape index (κ1) is 20.0. The summed E-state index contributed by atoms with van der Waals surface area (Å²) in [5.41, 5.74) is 1.91. The molecular weight excluding hydrogens is 396 g/mol. The van der Waals surface area contributed by atoms with E-state index >= 15 is 0 Å². The first-order valence-corrected chi connectivity index (χ1v) is 10.7. The average molecular weight is 419 g/mol. The molecule has 2 aromatic carbocycles. The van der Waals surface area contributed by atoms with Crippen LogP contribution in [0.3, 0.4) is 0 Å². The number of carbonyl (C=O) groups excluding carboxylic acids is 1. The Labute approximate surface area is 178 Å². The van der Waals surface area contributed by atoms with E-state index in [1.807, 2.05) is 49.6 Å². The number of rotatable bonds is 6. The molecule has 1 amide bonds. The van der Waals surface area contributed by atoms with Gasteiger partial charge in [-0.25, -0.2) is 9.67 Å². The van der Waals surface area contributed by atoms with E-state index in [0.29, 0.717) is 23.9 Å². The van der Waals surface area contributed by atoms with Crippen molar-refractivity contribution >= 4 is 28.0 Å². The number of aromatic nitrogens is 3. The van der Waals surface area contributed by atoms with Gasteiger partial charge in [-0.05, 0) is 12.0 Å². The molecule has 0 saturated heterocycles. The Morgan fingerprint density at radius 3 is 2.50 bits per heavy atom. The maximum absolute atomic E-state index is 12.9. The van der Waals surface area contributed by atoms with Crippen molar-refractivity contribution < 1.29 is 4.79 Å². The predicted octanol–water partition coefficient (Wildman–Crippen LogP) is 4.11. The van der Waals surface area contributed by atoms with Crippen LogP contribution in [0.15, 0.2) is 64.8 Å². The van der Waals surface area contributed by atoms with Gasteiger partial charge in [-0.2, -0.15) is 5.10 Å². The van der Waals surface area contributed by atoms with Gasteiger partial charge in [0.05, 0.1) is 17.6 Å². The van der Waals surface area contributed by atoms with Gasteiger partial charge in [-0.15, -0.1) is 11.3 Å². The lowest BCUT2D eigenvalue weighted by Crippen LogP contribution is -2.31. The number of benzene rings is 2. The van der Waals surface area contributed by atoms with Crippen molar-refractivity contribution in [3.63, 3.8) is 0 Å². The Bertz CT molecular complexity index is 1250. The minimum Gasteiger partial charge on any atom is -0.345 e. The third-order valence-corrected chi connectivity index (χ3v) is 5.56. The molecule has 0 aliphatic heterocycles. The van der Waals surface area contributed by atoms with Crippen LogP contribution in [0.25, 0.3) is 21.3 Å². The number of fused-ring (bicyclic) bond motifs is 1. The van der Waals surface area contributed by atoms with Crippen LogP contribution in [0.1, 0.15) is 30.0 Å². The number of thiazole rings is 1. The zero-order chi connectivity index (χ0) is 21.1. The second-order valence-corrected chi connectivity index (χ2v) is 8.33. The largest absolute Gasteiger partial charge is 0.345 e. The van der Waals surface area contributed by atoms with Crippen LogP contribution in [-0.2, 0) is 13.1 Å². The quantitative estimate of drug-likeness (QED) is 0.511. The van der Waals surface area contributed by atoms with Crippen LogP contribution in [-0.4, -0.2) is 20.7 Å². The topological polar surface area (TPSA) is 76.9 Å². The molecule has 4 rings (SSSR count). The first-order valence-electron chi connectivity index (χ1n) is 9.81. The number of amides is 1. The fraction of sp³-hybridized carbons (Fsp3) is 0.217. The molecule has 2 heterocycles. The summed E-state index contributed by atoms with van der Waals surface area (Å²) in [6.45, 7) is 4.77. The number of carbonyl (C=O) groups is 1. The Kier molecular flexibility index (Phi) is 5.72. The molecule has 0 spiro atoms. The molecule has 0 radical (unpaired) electrons. The highest BCUT2D eigenvalue weighted by Gasteiger charge is 2.17. The van der Waals surface area contributed by atoms with Gasteiger partial charge in [0.1, 0.15) is 5.01 Å². The van der Waals surface area contributed by atoms with Crippen LogP contribution in [0.5, 0.6) is 0 Å². The monoisotopic (exact) mass is 418 g/mol. The first-order chi connectivity index (χ1) is 14.5. The van der Waals surface area contributed by atoms with Crippen molar-refractivity contribution in [3.05, 3.63) is 81.7 Å².